The lowest BCUT2D eigenvalue weighted by Gasteiger charge is -2.12. The van der Waals surface area contributed by atoms with Crippen molar-refractivity contribution in [3.05, 3.63) is 28.3 Å². The number of hydrogen-bond acceptors (Lipinski definition) is 2. The van der Waals surface area contributed by atoms with Crippen molar-refractivity contribution in [2.45, 2.75) is 19.8 Å². The van der Waals surface area contributed by atoms with Gasteiger partial charge in [-0.1, -0.05) is 18.5 Å². The molecule has 0 heterocycles. The summed E-state index contributed by atoms with van der Waals surface area (Å²) in [7, 11) is 1.68. The predicted octanol–water partition coefficient (Wildman–Crippen LogP) is 2.41. The van der Waals surface area contributed by atoms with Crippen LogP contribution in [0.15, 0.2) is 12.1 Å². The zero-order valence-electron chi connectivity index (χ0n) is 8.64. The Morgan fingerprint density at radius 3 is 2.50 bits per heavy atom. The second-order valence-corrected chi connectivity index (χ2v) is 3.59. The number of nitrogens with two attached hydrogens (primary N) is 1. The minimum absolute atomic E-state index is 0.611. The molecule has 0 radical (unpaired) electrons. The van der Waals surface area contributed by atoms with E-state index in [1.54, 1.807) is 7.11 Å². The fourth-order valence-electron chi connectivity index (χ4n) is 1.58. The van der Waals surface area contributed by atoms with E-state index in [0.29, 0.717) is 6.54 Å². The number of hydrogen-bond donors (Lipinski definition) is 1. The van der Waals surface area contributed by atoms with Crippen molar-refractivity contribution in [1.29, 1.82) is 0 Å². The third-order valence-corrected chi connectivity index (χ3v) is 2.42. The molecule has 2 nitrogen and oxygen atoms in total. The second-order valence-electron chi connectivity index (χ2n) is 3.15. The van der Waals surface area contributed by atoms with Crippen molar-refractivity contribution >= 4 is 11.6 Å². The summed E-state index contributed by atoms with van der Waals surface area (Å²) in [6.45, 7) is 2.69. The fourth-order valence-corrected chi connectivity index (χ4v) is 1.84. The summed E-state index contributed by atoms with van der Waals surface area (Å²) in [6.07, 6.45) is 1.72. The fraction of sp³-hybridized carbons (Fsp3) is 0.455. The van der Waals surface area contributed by atoms with E-state index in [2.05, 4.69) is 6.92 Å². The molecule has 3 heteroatoms. The number of methoxy groups -OCH3 is 1. The van der Waals surface area contributed by atoms with Crippen LogP contribution in [-0.4, -0.2) is 13.7 Å². The van der Waals surface area contributed by atoms with Crippen LogP contribution in [0.2, 0.25) is 5.02 Å². The molecule has 0 aliphatic heterocycles. The minimum atomic E-state index is 0.611. The molecule has 0 atom stereocenters. The molecule has 14 heavy (non-hydrogen) atoms. The zero-order valence-corrected chi connectivity index (χ0v) is 9.40. The SMILES string of the molecule is CCc1cc(Cl)cc(CCN)c1OC. The average Bonchev–Trinajstić information content (AvgIpc) is 2.17. The molecule has 2 N–H and O–H groups in total. The van der Waals surface area contributed by atoms with Crippen LogP contribution in [0.3, 0.4) is 0 Å². The Morgan fingerprint density at radius 1 is 1.36 bits per heavy atom. The topological polar surface area (TPSA) is 35.2 Å². The monoisotopic (exact) mass is 213 g/mol. The molecule has 0 spiro atoms. The van der Waals surface area contributed by atoms with Crippen molar-refractivity contribution in [2.75, 3.05) is 13.7 Å². The second kappa shape index (κ2) is 5.23. The number of rotatable bonds is 4. The Morgan fingerprint density at radius 2 is 2.00 bits per heavy atom. The molecule has 0 saturated carbocycles. The number of ether oxygens (including phenoxy) is 1. The van der Waals surface area contributed by atoms with Gasteiger partial charge < -0.3 is 10.5 Å². The molecular formula is C11H16ClNO. The molecule has 78 valence electrons. The van der Waals surface area contributed by atoms with Crippen LogP contribution in [0.25, 0.3) is 0 Å². The highest BCUT2D eigenvalue weighted by molar-refractivity contribution is 6.30. The smallest absolute Gasteiger partial charge is 0.125 e. The van der Waals surface area contributed by atoms with Gasteiger partial charge in [0.15, 0.2) is 0 Å². The zero-order chi connectivity index (χ0) is 10.6. The molecule has 0 amide bonds. The molecule has 1 rings (SSSR count). The number of aryl methyl sites for hydroxylation is 1. The standard InChI is InChI=1S/C11H16ClNO/c1-3-8-6-10(12)7-9(4-5-13)11(8)14-2/h6-7H,3-5,13H2,1-2H3. The van der Waals surface area contributed by atoms with Gasteiger partial charge in [0.2, 0.25) is 0 Å². The summed E-state index contributed by atoms with van der Waals surface area (Å²) in [5.74, 6) is 0.933. The van der Waals surface area contributed by atoms with Crippen molar-refractivity contribution in [1.82, 2.24) is 0 Å². The van der Waals surface area contributed by atoms with Gasteiger partial charge >= 0.3 is 0 Å². The Hall–Kier alpha value is -0.730. The van der Waals surface area contributed by atoms with Gasteiger partial charge in [-0.15, -0.1) is 0 Å². The summed E-state index contributed by atoms with van der Waals surface area (Å²) in [4.78, 5) is 0. The van der Waals surface area contributed by atoms with Crippen LogP contribution in [0.5, 0.6) is 5.75 Å². The first kappa shape index (κ1) is 11.3. The van der Waals surface area contributed by atoms with Crippen molar-refractivity contribution in [3.63, 3.8) is 0 Å². The third-order valence-electron chi connectivity index (χ3n) is 2.21. The van der Waals surface area contributed by atoms with E-state index in [1.165, 1.54) is 0 Å². The first-order chi connectivity index (χ1) is 6.72. The van der Waals surface area contributed by atoms with E-state index in [1.807, 2.05) is 12.1 Å². The molecule has 0 fully saturated rings. The van der Waals surface area contributed by atoms with Crippen LogP contribution in [0, 0.1) is 0 Å². The maximum absolute atomic E-state index is 6.00. The van der Waals surface area contributed by atoms with Crippen LogP contribution < -0.4 is 10.5 Å². The van der Waals surface area contributed by atoms with Crippen LogP contribution in [0.1, 0.15) is 18.1 Å². The predicted molar refractivity (Wildman–Crippen MR) is 60.1 cm³/mol. The number of benzene rings is 1. The highest BCUT2D eigenvalue weighted by Crippen LogP contribution is 2.28. The summed E-state index contributed by atoms with van der Waals surface area (Å²) < 4.78 is 5.36. The molecule has 1 aromatic rings. The maximum atomic E-state index is 6.00. The molecule has 0 unspecified atom stereocenters. The molecule has 1 aromatic carbocycles. The molecule has 0 saturated heterocycles. The average molecular weight is 214 g/mol. The van der Waals surface area contributed by atoms with E-state index in [9.17, 15) is 0 Å². The molecule has 0 bridgehead atoms. The van der Waals surface area contributed by atoms with Crippen molar-refractivity contribution < 1.29 is 4.74 Å². The first-order valence-corrected chi connectivity index (χ1v) is 5.16. The highest BCUT2D eigenvalue weighted by Gasteiger charge is 2.08. The van der Waals surface area contributed by atoms with Crippen molar-refractivity contribution in [2.24, 2.45) is 5.73 Å². The molecule has 0 aliphatic rings. The van der Waals surface area contributed by atoms with Gasteiger partial charge in [-0.3, -0.25) is 0 Å². The lowest BCUT2D eigenvalue weighted by atomic mass is 10.0. The van der Waals surface area contributed by atoms with Crippen LogP contribution in [-0.2, 0) is 12.8 Å². The van der Waals surface area contributed by atoms with E-state index in [-0.39, 0.29) is 0 Å². The van der Waals surface area contributed by atoms with E-state index < -0.39 is 0 Å². The third kappa shape index (κ3) is 2.40. The van der Waals surface area contributed by atoms with Gasteiger partial charge in [0.1, 0.15) is 5.75 Å². The normalized spacial score (nSPS) is 10.3. The molecular weight excluding hydrogens is 198 g/mol. The summed E-state index contributed by atoms with van der Waals surface area (Å²) in [5.41, 5.74) is 7.77. The Balaban J connectivity index is 3.17. The summed E-state index contributed by atoms with van der Waals surface area (Å²) in [5, 5.41) is 0.756. The molecule has 0 aromatic heterocycles. The van der Waals surface area contributed by atoms with E-state index in [4.69, 9.17) is 22.1 Å². The van der Waals surface area contributed by atoms with Gasteiger partial charge in [-0.25, -0.2) is 0 Å². The minimum Gasteiger partial charge on any atom is -0.496 e. The van der Waals surface area contributed by atoms with Gasteiger partial charge in [0.25, 0.3) is 0 Å². The first-order valence-electron chi connectivity index (χ1n) is 4.78. The largest absolute Gasteiger partial charge is 0.496 e. The lowest BCUT2D eigenvalue weighted by molar-refractivity contribution is 0.405. The molecule has 0 aliphatic carbocycles. The number of halogens is 1. The Labute approximate surface area is 90.0 Å². The van der Waals surface area contributed by atoms with Gasteiger partial charge in [0.05, 0.1) is 7.11 Å². The highest BCUT2D eigenvalue weighted by atomic mass is 35.5. The van der Waals surface area contributed by atoms with Gasteiger partial charge in [0, 0.05) is 5.02 Å². The van der Waals surface area contributed by atoms with E-state index >= 15 is 0 Å². The van der Waals surface area contributed by atoms with Crippen LogP contribution >= 0.6 is 11.6 Å². The summed E-state index contributed by atoms with van der Waals surface area (Å²) in [6, 6.07) is 3.87. The van der Waals surface area contributed by atoms with Crippen LogP contribution in [0.4, 0.5) is 0 Å². The van der Waals surface area contributed by atoms with Crippen molar-refractivity contribution in [3.8, 4) is 5.75 Å². The summed E-state index contributed by atoms with van der Waals surface area (Å²) >= 11 is 6.00. The Bertz CT molecular complexity index is 312. The Kier molecular flexibility index (Phi) is 4.23. The van der Waals surface area contributed by atoms with Gasteiger partial charge in [-0.05, 0) is 42.6 Å². The quantitative estimate of drug-likeness (QED) is 0.834. The van der Waals surface area contributed by atoms with E-state index in [0.717, 1.165) is 34.7 Å². The lowest BCUT2D eigenvalue weighted by Crippen LogP contribution is -2.05. The van der Waals surface area contributed by atoms with Gasteiger partial charge in [-0.2, -0.15) is 0 Å². The maximum Gasteiger partial charge on any atom is 0.125 e.